The number of carbonyl (C=O) groups is 1. The minimum Gasteiger partial charge on any atom is -0.477 e. The van der Waals surface area contributed by atoms with Crippen molar-refractivity contribution in [3.63, 3.8) is 0 Å². The quantitative estimate of drug-likeness (QED) is 0.439. The molecule has 0 fully saturated rings. The predicted octanol–water partition coefficient (Wildman–Crippen LogP) is 0.783. The average Bonchev–Trinajstić information content (AvgIpc) is 2.15. The predicted molar refractivity (Wildman–Crippen MR) is 51.1 cm³/mol. The van der Waals surface area contributed by atoms with Crippen LogP contribution in [-0.4, -0.2) is 20.9 Å². The number of nitrogens with zero attached hydrogens (tertiary/aromatic N) is 2. The minimum absolute atomic E-state index is 0.247. The van der Waals surface area contributed by atoms with Crippen molar-refractivity contribution in [3.8, 4) is 0 Å². The Morgan fingerprint density at radius 3 is 1.81 bits per heavy atom. The van der Waals surface area contributed by atoms with Crippen LogP contribution in [0.15, 0.2) is 12.1 Å². The van der Waals surface area contributed by atoms with Crippen LogP contribution in [0.4, 0.5) is 17.1 Å². The molecule has 84 valence electrons. The number of nitro groups is 2. The second-order valence-electron chi connectivity index (χ2n) is 2.75. The van der Waals surface area contributed by atoms with E-state index in [1.54, 1.807) is 0 Å². The highest BCUT2D eigenvalue weighted by molar-refractivity contribution is 5.98. The molecule has 0 radical (unpaired) electrons. The highest BCUT2D eigenvalue weighted by Gasteiger charge is 2.31. The zero-order valence-electron chi connectivity index (χ0n) is 7.61. The summed E-state index contributed by atoms with van der Waals surface area (Å²) < 4.78 is 0. The van der Waals surface area contributed by atoms with Crippen molar-refractivity contribution in [3.05, 3.63) is 37.9 Å². The Hall–Kier alpha value is -2.71. The Morgan fingerprint density at radius 2 is 1.56 bits per heavy atom. The molecule has 0 aromatic heterocycles. The van der Waals surface area contributed by atoms with E-state index < -0.39 is 32.8 Å². The molecule has 0 atom stereocenters. The summed E-state index contributed by atoms with van der Waals surface area (Å²) in [5.74, 6) is -1.75. The normalized spacial score (nSPS) is 9.75. The Labute approximate surface area is 87.4 Å². The van der Waals surface area contributed by atoms with Crippen LogP contribution in [-0.2, 0) is 0 Å². The molecule has 0 aliphatic carbocycles. The molecule has 9 heteroatoms. The van der Waals surface area contributed by atoms with Gasteiger partial charge in [-0.1, -0.05) is 0 Å². The van der Waals surface area contributed by atoms with E-state index in [1.165, 1.54) is 0 Å². The molecule has 1 aromatic carbocycles. The van der Waals surface area contributed by atoms with E-state index in [-0.39, 0.29) is 5.69 Å². The van der Waals surface area contributed by atoms with Crippen LogP contribution < -0.4 is 5.73 Å². The summed E-state index contributed by atoms with van der Waals surface area (Å²) in [5.41, 5.74) is 2.17. The number of nitrogen functional groups attached to an aromatic ring is 1. The average molecular weight is 227 g/mol. The van der Waals surface area contributed by atoms with E-state index in [0.717, 1.165) is 12.1 Å². The summed E-state index contributed by atoms with van der Waals surface area (Å²) in [6.07, 6.45) is 0. The number of hydrogen-bond donors (Lipinski definition) is 2. The lowest BCUT2D eigenvalue weighted by atomic mass is 10.1. The lowest BCUT2D eigenvalue weighted by molar-refractivity contribution is -0.394. The molecule has 0 aliphatic rings. The molecule has 16 heavy (non-hydrogen) atoms. The fourth-order valence-corrected chi connectivity index (χ4v) is 1.14. The van der Waals surface area contributed by atoms with Crippen molar-refractivity contribution in [2.45, 2.75) is 0 Å². The first-order valence-corrected chi connectivity index (χ1v) is 3.80. The Balaban J connectivity index is 3.67. The van der Waals surface area contributed by atoms with Gasteiger partial charge in [-0.05, 0) is 0 Å². The first-order valence-electron chi connectivity index (χ1n) is 3.80. The molecule has 1 aromatic rings. The Kier molecular flexibility index (Phi) is 2.70. The first-order chi connectivity index (χ1) is 7.34. The van der Waals surface area contributed by atoms with Crippen molar-refractivity contribution in [2.24, 2.45) is 0 Å². The van der Waals surface area contributed by atoms with Crippen molar-refractivity contribution in [1.82, 2.24) is 0 Å². The lowest BCUT2D eigenvalue weighted by Gasteiger charge is -2.01. The standard InChI is InChI=1S/C7H5N3O6/c8-3-1-4(9(13)14)6(7(11)12)5(2-3)10(15)16/h1-2H,8H2,(H,11,12). The molecular formula is C7H5N3O6. The number of anilines is 1. The summed E-state index contributed by atoms with van der Waals surface area (Å²) >= 11 is 0. The van der Waals surface area contributed by atoms with Crippen molar-refractivity contribution in [2.75, 3.05) is 5.73 Å². The maximum atomic E-state index is 10.7. The van der Waals surface area contributed by atoms with Crippen molar-refractivity contribution in [1.29, 1.82) is 0 Å². The van der Waals surface area contributed by atoms with Gasteiger partial charge in [0.25, 0.3) is 11.4 Å². The maximum Gasteiger partial charge on any atom is 0.349 e. The molecule has 0 unspecified atom stereocenters. The van der Waals surface area contributed by atoms with Gasteiger partial charge in [-0.3, -0.25) is 20.2 Å². The number of nitro benzene ring substituents is 2. The van der Waals surface area contributed by atoms with Crippen LogP contribution in [0.5, 0.6) is 0 Å². The minimum atomic E-state index is -1.75. The van der Waals surface area contributed by atoms with Gasteiger partial charge in [0.15, 0.2) is 0 Å². The number of rotatable bonds is 3. The molecule has 9 nitrogen and oxygen atoms in total. The zero-order chi connectivity index (χ0) is 12.5. The number of aromatic carboxylic acids is 1. The lowest BCUT2D eigenvalue weighted by Crippen LogP contribution is -2.08. The van der Waals surface area contributed by atoms with E-state index >= 15 is 0 Å². The molecule has 0 aliphatic heterocycles. The Bertz CT molecular complexity index is 462. The molecule has 0 saturated heterocycles. The third-order valence-electron chi connectivity index (χ3n) is 1.73. The molecule has 0 amide bonds. The van der Waals surface area contributed by atoms with Crippen LogP contribution >= 0.6 is 0 Å². The van der Waals surface area contributed by atoms with Crippen molar-refractivity contribution >= 4 is 23.0 Å². The summed E-state index contributed by atoms with van der Waals surface area (Å²) in [5, 5.41) is 29.7. The molecule has 0 bridgehead atoms. The third-order valence-corrected chi connectivity index (χ3v) is 1.73. The van der Waals surface area contributed by atoms with Crippen LogP contribution in [0.3, 0.4) is 0 Å². The second kappa shape index (κ2) is 3.81. The second-order valence-corrected chi connectivity index (χ2v) is 2.75. The first kappa shape index (κ1) is 11.4. The van der Waals surface area contributed by atoms with Crippen LogP contribution in [0.25, 0.3) is 0 Å². The fraction of sp³-hybridized carbons (Fsp3) is 0. The summed E-state index contributed by atoms with van der Waals surface area (Å²) in [6, 6.07) is 1.52. The van der Waals surface area contributed by atoms with E-state index in [1.807, 2.05) is 0 Å². The Morgan fingerprint density at radius 1 is 1.19 bits per heavy atom. The molecule has 3 N–H and O–H groups in total. The largest absolute Gasteiger partial charge is 0.477 e. The van der Waals surface area contributed by atoms with Gasteiger partial charge in [0.05, 0.1) is 9.85 Å². The monoisotopic (exact) mass is 227 g/mol. The van der Waals surface area contributed by atoms with E-state index in [9.17, 15) is 25.0 Å². The van der Waals surface area contributed by atoms with Gasteiger partial charge in [-0.15, -0.1) is 0 Å². The summed E-state index contributed by atoms with van der Waals surface area (Å²) in [6.45, 7) is 0. The van der Waals surface area contributed by atoms with Crippen LogP contribution in [0, 0.1) is 20.2 Å². The van der Waals surface area contributed by atoms with Gasteiger partial charge in [-0.25, -0.2) is 4.79 Å². The van der Waals surface area contributed by atoms with Gasteiger partial charge >= 0.3 is 5.97 Å². The summed E-state index contributed by atoms with van der Waals surface area (Å²) in [7, 11) is 0. The highest BCUT2D eigenvalue weighted by Crippen LogP contribution is 2.31. The molecular weight excluding hydrogens is 222 g/mol. The molecule has 0 heterocycles. The van der Waals surface area contributed by atoms with Crippen LogP contribution in [0.1, 0.15) is 10.4 Å². The van der Waals surface area contributed by atoms with Gasteiger partial charge in [0.2, 0.25) is 5.56 Å². The summed E-state index contributed by atoms with van der Waals surface area (Å²) in [4.78, 5) is 29.7. The maximum absolute atomic E-state index is 10.7. The number of nitrogens with two attached hydrogens (primary N) is 1. The highest BCUT2D eigenvalue weighted by atomic mass is 16.6. The van der Waals surface area contributed by atoms with Gasteiger partial charge in [-0.2, -0.15) is 0 Å². The smallest absolute Gasteiger partial charge is 0.349 e. The fourth-order valence-electron chi connectivity index (χ4n) is 1.14. The van der Waals surface area contributed by atoms with Gasteiger partial charge in [0, 0.05) is 17.8 Å². The van der Waals surface area contributed by atoms with E-state index in [0.29, 0.717) is 0 Å². The number of benzene rings is 1. The topological polar surface area (TPSA) is 150 Å². The van der Waals surface area contributed by atoms with E-state index in [4.69, 9.17) is 10.8 Å². The number of carboxylic acid groups (broad SMARTS) is 1. The van der Waals surface area contributed by atoms with E-state index in [2.05, 4.69) is 0 Å². The molecule has 1 rings (SSSR count). The third kappa shape index (κ3) is 1.87. The number of hydrogen-bond acceptors (Lipinski definition) is 6. The van der Waals surface area contributed by atoms with Crippen LogP contribution in [0.2, 0.25) is 0 Å². The molecule has 0 spiro atoms. The zero-order valence-corrected chi connectivity index (χ0v) is 7.61. The van der Waals surface area contributed by atoms with Crippen molar-refractivity contribution < 1.29 is 19.7 Å². The van der Waals surface area contributed by atoms with Gasteiger partial charge in [0.1, 0.15) is 0 Å². The van der Waals surface area contributed by atoms with Gasteiger partial charge < -0.3 is 10.8 Å². The number of carboxylic acids is 1. The molecule has 0 saturated carbocycles. The SMILES string of the molecule is Nc1cc([N+](=O)[O-])c(C(=O)O)c([N+](=O)[O-])c1.